The van der Waals surface area contributed by atoms with Gasteiger partial charge in [-0.15, -0.1) is 0 Å². The molecule has 1 heterocycles. The highest BCUT2D eigenvalue weighted by molar-refractivity contribution is 5.59. The molecule has 1 aromatic heterocycles. The maximum absolute atomic E-state index is 5.17. The van der Waals surface area contributed by atoms with Gasteiger partial charge in [-0.1, -0.05) is 0 Å². The van der Waals surface area contributed by atoms with Gasteiger partial charge in [0.15, 0.2) is 17.8 Å². The van der Waals surface area contributed by atoms with Crippen LogP contribution < -0.4 is 9.47 Å². The standard InChI is InChI=1S/C11H10NO3/c1-13-9-4-3-8(7-10(9)14-2)11-12-5-6-15-11/h3-5,7H,1-2H3. The van der Waals surface area contributed by atoms with Crippen LogP contribution in [-0.2, 0) is 0 Å². The average molecular weight is 204 g/mol. The second kappa shape index (κ2) is 4.04. The van der Waals surface area contributed by atoms with E-state index >= 15 is 0 Å². The number of oxazole rings is 1. The largest absolute Gasteiger partial charge is 0.493 e. The summed E-state index contributed by atoms with van der Waals surface area (Å²) >= 11 is 0. The molecule has 2 aromatic rings. The summed E-state index contributed by atoms with van der Waals surface area (Å²) in [4.78, 5) is 4.00. The van der Waals surface area contributed by atoms with Crippen LogP contribution in [0.15, 0.2) is 28.8 Å². The number of aromatic nitrogens is 1. The van der Waals surface area contributed by atoms with Crippen LogP contribution in [0.4, 0.5) is 0 Å². The first kappa shape index (κ1) is 9.58. The number of methoxy groups -OCH3 is 2. The first-order valence-electron chi connectivity index (χ1n) is 4.39. The monoisotopic (exact) mass is 204 g/mol. The maximum Gasteiger partial charge on any atom is 0.227 e. The van der Waals surface area contributed by atoms with Crippen molar-refractivity contribution < 1.29 is 13.9 Å². The summed E-state index contributed by atoms with van der Waals surface area (Å²) in [5.74, 6) is 1.83. The Bertz CT molecular complexity index is 437. The van der Waals surface area contributed by atoms with E-state index in [1.165, 1.54) is 6.20 Å². The zero-order valence-corrected chi connectivity index (χ0v) is 8.48. The molecule has 0 spiro atoms. The lowest BCUT2D eigenvalue weighted by Gasteiger charge is -2.07. The predicted octanol–water partition coefficient (Wildman–Crippen LogP) is 2.16. The van der Waals surface area contributed by atoms with Crippen molar-refractivity contribution in [1.29, 1.82) is 0 Å². The number of nitrogens with zero attached hydrogens (tertiary/aromatic N) is 1. The molecule has 2 rings (SSSR count). The van der Waals surface area contributed by atoms with Crippen LogP contribution in [0.2, 0.25) is 0 Å². The van der Waals surface area contributed by atoms with Crippen LogP contribution in [0.5, 0.6) is 11.5 Å². The van der Waals surface area contributed by atoms with E-state index in [0.717, 1.165) is 5.56 Å². The van der Waals surface area contributed by atoms with Crippen molar-refractivity contribution in [2.45, 2.75) is 0 Å². The Morgan fingerprint density at radius 1 is 1.20 bits per heavy atom. The van der Waals surface area contributed by atoms with Crippen molar-refractivity contribution in [3.8, 4) is 23.0 Å². The molecule has 0 aliphatic carbocycles. The Kier molecular flexibility index (Phi) is 2.58. The van der Waals surface area contributed by atoms with Crippen LogP contribution in [-0.4, -0.2) is 19.2 Å². The first-order chi connectivity index (χ1) is 7.35. The lowest BCUT2D eigenvalue weighted by molar-refractivity contribution is 0.355. The van der Waals surface area contributed by atoms with Gasteiger partial charge in [0, 0.05) is 5.56 Å². The highest BCUT2D eigenvalue weighted by atomic mass is 16.5. The van der Waals surface area contributed by atoms with Gasteiger partial charge in [-0.3, -0.25) is 0 Å². The number of hydrogen-bond acceptors (Lipinski definition) is 4. The molecule has 4 heteroatoms. The lowest BCUT2D eigenvalue weighted by atomic mass is 10.2. The minimum atomic E-state index is 0.510. The fourth-order valence-electron chi connectivity index (χ4n) is 1.30. The van der Waals surface area contributed by atoms with E-state index < -0.39 is 0 Å². The van der Waals surface area contributed by atoms with Crippen LogP contribution in [0, 0.1) is 6.26 Å². The fraction of sp³-hybridized carbons (Fsp3) is 0.182. The van der Waals surface area contributed by atoms with E-state index in [2.05, 4.69) is 11.2 Å². The molecule has 4 nitrogen and oxygen atoms in total. The second-order valence-electron chi connectivity index (χ2n) is 2.85. The van der Waals surface area contributed by atoms with Crippen molar-refractivity contribution in [2.24, 2.45) is 0 Å². The third kappa shape index (κ3) is 1.79. The molecule has 0 saturated heterocycles. The van der Waals surface area contributed by atoms with Gasteiger partial charge in [-0.2, -0.15) is 0 Å². The summed E-state index contributed by atoms with van der Waals surface area (Å²) < 4.78 is 15.4. The molecule has 0 saturated carbocycles. The lowest BCUT2D eigenvalue weighted by Crippen LogP contribution is -1.90. The topological polar surface area (TPSA) is 44.5 Å². The zero-order valence-electron chi connectivity index (χ0n) is 8.48. The van der Waals surface area contributed by atoms with Crippen LogP contribution >= 0.6 is 0 Å². The Labute approximate surface area is 87.5 Å². The molecule has 0 bridgehead atoms. The summed E-state index contributed by atoms with van der Waals surface area (Å²) in [7, 11) is 3.18. The molecular formula is C11H10NO3. The molecule has 0 atom stereocenters. The SMILES string of the molecule is COc1ccc(-c2nc[c]o2)cc1OC. The van der Waals surface area contributed by atoms with Gasteiger partial charge < -0.3 is 13.9 Å². The first-order valence-corrected chi connectivity index (χ1v) is 4.39. The molecule has 77 valence electrons. The molecule has 0 unspecified atom stereocenters. The van der Waals surface area contributed by atoms with Crippen molar-refractivity contribution in [3.05, 3.63) is 30.7 Å². The van der Waals surface area contributed by atoms with Crippen molar-refractivity contribution in [3.63, 3.8) is 0 Å². The summed E-state index contributed by atoms with van der Waals surface area (Å²) in [5.41, 5.74) is 0.828. The maximum atomic E-state index is 5.17. The zero-order chi connectivity index (χ0) is 10.7. The average Bonchev–Trinajstić information content (AvgIpc) is 2.81. The van der Waals surface area contributed by atoms with Gasteiger partial charge in [0.2, 0.25) is 5.89 Å². The number of benzene rings is 1. The van der Waals surface area contributed by atoms with E-state index in [1.807, 2.05) is 6.07 Å². The minimum absolute atomic E-state index is 0.510. The van der Waals surface area contributed by atoms with Crippen molar-refractivity contribution in [1.82, 2.24) is 4.98 Å². The number of ether oxygens (including phenoxy) is 2. The Balaban J connectivity index is 2.43. The van der Waals surface area contributed by atoms with Gasteiger partial charge in [0.05, 0.1) is 20.4 Å². The summed E-state index contributed by atoms with van der Waals surface area (Å²) in [6.07, 6.45) is 4.01. The van der Waals surface area contributed by atoms with Crippen molar-refractivity contribution >= 4 is 0 Å². The molecule has 1 aromatic carbocycles. The van der Waals surface area contributed by atoms with Crippen LogP contribution in [0.3, 0.4) is 0 Å². The quantitative estimate of drug-likeness (QED) is 0.768. The van der Waals surface area contributed by atoms with E-state index in [-0.39, 0.29) is 0 Å². The third-order valence-electron chi connectivity index (χ3n) is 2.02. The van der Waals surface area contributed by atoms with E-state index in [4.69, 9.17) is 13.9 Å². The third-order valence-corrected chi connectivity index (χ3v) is 2.02. The highest BCUT2D eigenvalue weighted by Crippen LogP contribution is 2.31. The van der Waals surface area contributed by atoms with Crippen LogP contribution in [0.25, 0.3) is 11.5 Å². The number of rotatable bonds is 3. The van der Waals surface area contributed by atoms with E-state index in [1.54, 1.807) is 26.4 Å². The van der Waals surface area contributed by atoms with Gasteiger partial charge in [-0.05, 0) is 18.2 Å². The van der Waals surface area contributed by atoms with Crippen molar-refractivity contribution in [2.75, 3.05) is 14.2 Å². The Morgan fingerprint density at radius 2 is 2.00 bits per heavy atom. The molecule has 15 heavy (non-hydrogen) atoms. The molecule has 1 radical (unpaired) electrons. The minimum Gasteiger partial charge on any atom is -0.493 e. The van der Waals surface area contributed by atoms with Gasteiger partial charge in [0.25, 0.3) is 0 Å². The summed E-state index contributed by atoms with van der Waals surface area (Å²) in [6.45, 7) is 0. The second-order valence-corrected chi connectivity index (χ2v) is 2.85. The molecule has 0 aliphatic rings. The molecule has 0 amide bonds. The van der Waals surface area contributed by atoms with Gasteiger partial charge in [0.1, 0.15) is 0 Å². The summed E-state index contributed by atoms with van der Waals surface area (Å²) in [6, 6.07) is 5.46. The molecule has 0 N–H and O–H groups in total. The van der Waals surface area contributed by atoms with E-state index in [0.29, 0.717) is 17.4 Å². The predicted molar refractivity (Wildman–Crippen MR) is 53.9 cm³/mol. The van der Waals surface area contributed by atoms with Gasteiger partial charge in [-0.25, -0.2) is 4.98 Å². The van der Waals surface area contributed by atoms with Crippen LogP contribution in [0.1, 0.15) is 0 Å². The molecule has 0 aliphatic heterocycles. The highest BCUT2D eigenvalue weighted by Gasteiger charge is 2.08. The number of hydrogen-bond donors (Lipinski definition) is 0. The Hall–Kier alpha value is -1.97. The Morgan fingerprint density at radius 3 is 2.60 bits per heavy atom. The molecule has 0 fully saturated rings. The fourth-order valence-corrected chi connectivity index (χ4v) is 1.30. The van der Waals surface area contributed by atoms with Gasteiger partial charge >= 0.3 is 0 Å². The smallest absolute Gasteiger partial charge is 0.227 e. The van der Waals surface area contributed by atoms with E-state index in [9.17, 15) is 0 Å². The molecular weight excluding hydrogens is 194 g/mol. The normalized spacial score (nSPS) is 10.0. The summed E-state index contributed by atoms with van der Waals surface area (Å²) in [5, 5.41) is 0.